The van der Waals surface area contributed by atoms with E-state index in [2.05, 4.69) is 20.9 Å². The molecule has 0 fully saturated rings. The summed E-state index contributed by atoms with van der Waals surface area (Å²) in [7, 11) is 0. The second-order valence-electron chi connectivity index (χ2n) is 2.72. The number of rotatable bonds is 3. The quantitative estimate of drug-likeness (QED) is 0.806. The van der Waals surface area contributed by atoms with Crippen molar-refractivity contribution in [2.45, 2.75) is 9.92 Å². The van der Waals surface area contributed by atoms with E-state index in [4.69, 9.17) is 0 Å². The van der Waals surface area contributed by atoms with E-state index in [-0.39, 0.29) is 0 Å². The summed E-state index contributed by atoms with van der Waals surface area (Å²) in [5.41, 5.74) is 0. The molecule has 2 heterocycles. The Hall–Kier alpha value is -0.650. The van der Waals surface area contributed by atoms with Gasteiger partial charge in [-0.3, -0.25) is 4.79 Å². The van der Waals surface area contributed by atoms with Gasteiger partial charge < -0.3 is 0 Å². The zero-order valence-corrected chi connectivity index (χ0v) is 10.7. The van der Waals surface area contributed by atoms with Gasteiger partial charge in [-0.25, -0.2) is 4.98 Å². The molecule has 0 aliphatic rings. The Labute approximate surface area is 104 Å². The third-order valence-electron chi connectivity index (χ3n) is 1.63. The van der Waals surface area contributed by atoms with E-state index in [0.29, 0.717) is 0 Å². The van der Waals surface area contributed by atoms with Crippen molar-refractivity contribution in [3.63, 3.8) is 0 Å². The van der Waals surface area contributed by atoms with Crippen molar-refractivity contribution in [3.8, 4) is 0 Å². The summed E-state index contributed by atoms with van der Waals surface area (Å²) in [5.74, 6) is 0. The molecular formula is C10H6BrNOS2. The average molecular weight is 300 g/mol. The van der Waals surface area contributed by atoms with E-state index in [0.717, 1.165) is 25.6 Å². The van der Waals surface area contributed by atoms with Crippen molar-refractivity contribution < 1.29 is 4.79 Å². The van der Waals surface area contributed by atoms with Crippen LogP contribution in [0.15, 0.2) is 44.2 Å². The molecular weight excluding hydrogens is 294 g/mol. The van der Waals surface area contributed by atoms with Gasteiger partial charge in [0.2, 0.25) is 0 Å². The zero-order chi connectivity index (χ0) is 10.7. The number of pyridine rings is 1. The molecule has 0 aliphatic carbocycles. The Morgan fingerprint density at radius 3 is 2.93 bits per heavy atom. The second-order valence-corrected chi connectivity index (χ2v) is 5.67. The number of thiophene rings is 1. The highest BCUT2D eigenvalue weighted by atomic mass is 79.9. The van der Waals surface area contributed by atoms with Crippen LogP contribution < -0.4 is 0 Å². The van der Waals surface area contributed by atoms with Gasteiger partial charge in [0.15, 0.2) is 6.29 Å². The lowest BCUT2D eigenvalue weighted by atomic mass is 10.5. The minimum absolute atomic E-state index is 0.745. The van der Waals surface area contributed by atoms with E-state index in [1.807, 2.05) is 23.6 Å². The Morgan fingerprint density at radius 2 is 2.33 bits per heavy atom. The number of carbonyl (C=O) groups excluding carboxylic acids is 1. The first kappa shape index (κ1) is 10.9. The van der Waals surface area contributed by atoms with Gasteiger partial charge in [-0.1, -0.05) is 11.8 Å². The van der Waals surface area contributed by atoms with Crippen LogP contribution in [0.1, 0.15) is 9.67 Å². The highest BCUT2D eigenvalue weighted by molar-refractivity contribution is 9.10. The Bertz CT molecular complexity index is 467. The van der Waals surface area contributed by atoms with Gasteiger partial charge in [0.25, 0.3) is 0 Å². The molecule has 2 rings (SSSR count). The molecule has 0 unspecified atom stereocenters. The minimum atomic E-state index is 0.745. The van der Waals surface area contributed by atoms with Crippen LogP contribution in [0.5, 0.6) is 0 Å². The molecule has 5 heteroatoms. The number of nitrogens with zero attached hydrogens (tertiary/aromatic N) is 1. The van der Waals surface area contributed by atoms with E-state index >= 15 is 0 Å². The maximum atomic E-state index is 10.5. The first-order valence-corrected chi connectivity index (χ1v) is 6.60. The summed E-state index contributed by atoms with van der Waals surface area (Å²) in [4.78, 5) is 16.5. The molecule has 76 valence electrons. The van der Waals surface area contributed by atoms with Crippen LogP contribution in [0.3, 0.4) is 0 Å². The molecule has 0 aliphatic heterocycles. The van der Waals surface area contributed by atoms with Crippen molar-refractivity contribution in [1.29, 1.82) is 0 Å². The van der Waals surface area contributed by atoms with Crippen LogP contribution in [-0.4, -0.2) is 11.3 Å². The number of hydrogen-bond acceptors (Lipinski definition) is 4. The van der Waals surface area contributed by atoms with E-state index in [1.54, 1.807) is 18.0 Å². The normalized spacial score (nSPS) is 10.2. The Balaban J connectivity index is 2.14. The average Bonchev–Trinajstić information content (AvgIpc) is 2.69. The molecule has 0 radical (unpaired) electrons. The summed E-state index contributed by atoms with van der Waals surface area (Å²) in [6.45, 7) is 0. The van der Waals surface area contributed by atoms with Crippen LogP contribution in [0, 0.1) is 0 Å². The van der Waals surface area contributed by atoms with E-state index in [9.17, 15) is 4.79 Å². The van der Waals surface area contributed by atoms with Crippen molar-refractivity contribution in [3.05, 3.63) is 39.1 Å². The SMILES string of the molecule is O=Cc1cc(Sc2ccc(Br)cn2)cs1. The molecule has 0 saturated carbocycles. The van der Waals surface area contributed by atoms with Crippen LogP contribution in [-0.2, 0) is 0 Å². The third-order valence-corrected chi connectivity index (χ3v) is 4.03. The molecule has 0 amide bonds. The van der Waals surface area contributed by atoms with Crippen molar-refractivity contribution >= 4 is 45.3 Å². The fourth-order valence-electron chi connectivity index (χ4n) is 0.993. The van der Waals surface area contributed by atoms with E-state index < -0.39 is 0 Å². The molecule has 0 aromatic carbocycles. The lowest BCUT2D eigenvalue weighted by molar-refractivity contribution is 0.112. The van der Waals surface area contributed by atoms with Gasteiger partial charge in [-0.05, 0) is 34.1 Å². The summed E-state index contributed by atoms with van der Waals surface area (Å²) in [6, 6.07) is 5.75. The predicted molar refractivity (Wildman–Crippen MR) is 65.8 cm³/mol. The van der Waals surface area contributed by atoms with Gasteiger partial charge in [-0.2, -0.15) is 0 Å². The van der Waals surface area contributed by atoms with Gasteiger partial charge in [0, 0.05) is 20.9 Å². The smallest absolute Gasteiger partial charge is 0.160 e. The predicted octanol–water partition coefficient (Wildman–Crippen LogP) is 3.87. The van der Waals surface area contributed by atoms with E-state index in [1.165, 1.54) is 11.3 Å². The summed E-state index contributed by atoms with van der Waals surface area (Å²) in [6.07, 6.45) is 2.62. The minimum Gasteiger partial charge on any atom is -0.297 e. The highest BCUT2D eigenvalue weighted by Gasteiger charge is 2.02. The molecule has 0 saturated heterocycles. The zero-order valence-electron chi connectivity index (χ0n) is 7.51. The number of aldehydes is 1. The van der Waals surface area contributed by atoms with Crippen LogP contribution in [0.25, 0.3) is 0 Å². The summed E-state index contributed by atoms with van der Waals surface area (Å²) >= 11 is 6.33. The number of halogens is 1. The molecule has 15 heavy (non-hydrogen) atoms. The molecule has 2 aromatic rings. The molecule has 2 aromatic heterocycles. The van der Waals surface area contributed by atoms with Crippen LogP contribution >= 0.6 is 39.0 Å². The van der Waals surface area contributed by atoms with Crippen molar-refractivity contribution in [1.82, 2.24) is 4.98 Å². The molecule has 0 bridgehead atoms. The molecule has 0 atom stereocenters. The standard InChI is InChI=1S/C10H6BrNOS2/c11-7-1-2-10(12-4-7)15-9-3-8(5-13)14-6-9/h1-6H. The lowest BCUT2D eigenvalue weighted by Crippen LogP contribution is -1.77. The molecule has 0 spiro atoms. The number of aromatic nitrogens is 1. The van der Waals surface area contributed by atoms with Crippen molar-refractivity contribution in [2.24, 2.45) is 0 Å². The van der Waals surface area contributed by atoms with Gasteiger partial charge in [0.05, 0.1) is 4.88 Å². The maximum absolute atomic E-state index is 10.5. The van der Waals surface area contributed by atoms with Crippen LogP contribution in [0.4, 0.5) is 0 Å². The number of carbonyl (C=O) groups is 1. The summed E-state index contributed by atoms with van der Waals surface area (Å²) in [5, 5.41) is 2.88. The second kappa shape index (κ2) is 4.92. The fourth-order valence-corrected chi connectivity index (χ4v) is 2.88. The lowest BCUT2D eigenvalue weighted by Gasteiger charge is -1.96. The largest absolute Gasteiger partial charge is 0.297 e. The molecule has 0 N–H and O–H groups in total. The number of hydrogen-bond donors (Lipinski definition) is 0. The fraction of sp³-hybridized carbons (Fsp3) is 0. The van der Waals surface area contributed by atoms with Crippen molar-refractivity contribution in [2.75, 3.05) is 0 Å². The molecule has 2 nitrogen and oxygen atoms in total. The topological polar surface area (TPSA) is 30.0 Å². The third kappa shape index (κ3) is 2.90. The summed E-state index contributed by atoms with van der Waals surface area (Å²) < 4.78 is 0.964. The monoisotopic (exact) mass is 299 g/mol. The van der Waals surface area contributed by atoms with Crippen LogP contribution in [0.2, 0.25) is 0 Å². The first-order valence-electron chi connectivity index (χ1n) is 4.11. The Kier molecular flexibility index (Phi) is 3.56. The maximum Gasteiger partial charge on any atom is 0.160 e. The van der Waals surface area contributed by atoms with Gasteiger partial charge in [0.1, 0.15) is 5.03 Å². The van der Waals surface area contributed by atoms with Gasteiger partial charge >= 0.3 is 0 Å². The highest BCUT2D eigenvalue weighted by Crippen LogP contribution is 2.29. The Morgan fingerprint density at radius 1 is 1.47 bits per heavy atom. The van der Waals surface area contributed by atoms with Gasteiger partial charge in [-0.15, -0.1) is 11.3 Å². The first-order chi connectivity index (χ1) is 7.28.